The predicted molar refractivity (Wildman–Crippen MR) is 181 cm³/mol. The second-order valence-electron chi connectivity index (χ2n) is 11.9. The lowest BCUT2D eigenvalue weighted by molar-refractivity contribution is -0.134. The van der Waals surface area contributed by atoms with Crippen LogP contribution in [0.1, 0.15) is 54.6 Å². The van der Waals surface area contributed by atoms with E-state index in [1.165, 1.54) is 5.56 Å². The number of rotatable bonds is 13. The number of likely N-dealkylation sites (tertiary alicyclic amines) is 1. The molecule has 6 heteroatoms. The number of hydrogen-bond acceptors (Lipinski definition) is 5. The maximum Gasteiger partial charge on any atom is 0.260 e. The lowest BCUT2D eigenvalue weighted by Gasteiger charge is -2.32. The van der Waals surface area contributed by atoms with E-state index >= 15 is 0 Å². The van der Waals surface area contributed by atoms with Crippen LogP contribution in [0.15, 0.2) is 97.1 Å². The molecule has 1 amide bonds. The van der Waals surface area contributed by atoms with Gasteiger partial charge in [0.25, 0.3) is 5.91 Å². The van der Waals surface area contributed by atoms with Gasteiger partial charge in [-0.05, 0) is 99.0 Å². The molecule has 0 unspecified atom stereocenters. The van der Waals surface area contributed by atoms with E-state index in [0.29, 0.717) is 28.5 Å². The number of ketones is 1. The van der Waals surface area contributed by atoms with Crippen molar-refractivity contribution in [3.05, 3.63) is 114 Å². The summed E-state index contributed by atoms with van der Waals surface area (Å²) < 4.78 is 17.3. The summed E-state index contributed by atoms with van der Waals surface area (Å²) in [4.78, 5) is 28.0. The molecule has 236 valence electrons. The van der Waals surface area contributed by atoms with Gasteiger partial charge >= 0.3 is 0 Å². The third-order valence-electron chi connectivity index (χ3n) is 8.21. The van der Waals surface area contributed by atoms with Crippen LogP contribution in [-0.4, -0.2) is 49.0 Å². The summed E-state index contributed by atoms with van der Waals surface area (Å²) in [6, 6.07) is 30.4. The highest BCUT2D eigenvalue weighted by molar-refractivity contribution is 6.09. The smallest absolute Gasteiger partial charge is 0.260 e. The number of hydrogen-bond donors (Lipinski definition) is 0. The predicted octanol–water partition coefficient (Wildman–Crippen LogP) is 7.63. The Hall–Kier alpha value is -5.02. The fraction of sp³-hybridized carbons (Fsp3) is 0.300. The summed E-state index contributed by atoms with van der Waals surface area (Å²) in [6.45, 7) is 5.75. The molecule has 0 spiro atoms. The zero-order chi connectivity index (χ0) is 32.3. The van der Waals surface area contributed by atoms with Gasteiger partial charge in [-0.15, -0.1) is 6.42 Å². The molecule has 5 rings (SSSR count). The Morgan fingerprint density at radius 2 is 1.54 bits per heavy atom. The summed E-state index contributed by atoms with van der Waals surface area (Å²) in [5.74, 6) is 5.12. The van der Waals surface area contributed by atoms with Crippen molar-refractivity contribution in [1.82, 2.24) is 4.90 Å². The van der Waals surface area contributed by atoms with E-state index in [9.17, 15) is 9.59 Å². The SMILES string of the molecule is C#CCOc1ccc(C(=O)c2ccc(-c3ccccc3OCC(=O)N3CCC(CCc4cccc(OC(C)C)c4)CC3)cc2)cc1. The van der Waals surface area contributed by atoms with Crippen molar-refractivity contribution in [2.24, 2.45) is 5.92 Å². The summed E-state index contributed by atoms with van der Waals surface area (Å²) in [5.41, 5.74) is 4.20. The van der Waals surface area contributed by atoms with Gasteiger partial charge in [0.05, 0.1) is 6.10 Å². The van der Waals surface area contributed by atoms with Crippen LogP contribution in [0.3, 0.4) is 0 Å². The number of carbonyl (C=O) groups excluding carboxylic acids is 2. The topological polar surface area (TPSA) is 65.1 Å². The Labute approximate surface area is 272 Å². The van der Waals surface area contributed by atoms with Gasteiger partial charge in [-0.3, -0.25) is 9.59 Å². The van der Waals surface area contributed by atoms with Gasteiger partial charge in [0, 0.05) is 29.8 Å². The summed E-state index contributed by atoms with van der Waals surface area (Å²) >= 11 is 0. The van der Waals surface area contributed by atoms with E-state index in [-0.39, 0.29) is 31.0 Å². The highest BCUT2D eigenvalue weighted by atomic mass is 16.5. The number of nitrogens with zero attached hydrogens (tertiary/aromatic N) is 1. The van der Waals surface area contributed by atoms with Gasteiger partial charge in [-0.1, -0.05) is 60.5 Å². The van der Waals surface area contributed by atoms with Crippen LogP contribution in [-0.2, 0) is 11.2 Å². The number of ether oxygens (including phenoxy) is 3. The molecule has 0 saturated carbocycles. The molecule has 1 heterocycles. The maximum atomic E-state index is 13.1. The van der Waals surface area contributed by atoms with Gasteiger partial charge in [-0.25, -0.2) is 0 Å². The number of piperidine rings is 1. The van der Waals surface area contributed by atoms with Crippen LogP contribution in [0.25, 0.3) is 11.1 Å². The van der Waals surface area contributed by atoms with Crippen molar-refractivity contribution in [2.45, 2.75) is 45.6 Å². The number of amides is 1. The Bertz CT molecular complexity index is 1640. The summed E-state index contributed by atoms with van der Waals surface area (Å²) in [6.07, 6.45) is 9.52. The highest BCUT2D eigenvalue weighted by Crippen LogP contribution is 2.31. The molecule has 4 aromatic carbocycles. The lowest BCUT2D eigenvalue weighted by Crippen LogP contribution is -2.41. The molecule has 0 N–H and O–H groups in total. The van der Waals surface area contributed by atoms with Crippen LogP contribution in [0.5, 0.6) is 17.2 Å². The second kappa shape index (κ2) is 15.8. The Kier molecular flexibility index (Phi) is 11.1. The fourth-order valence-corrected chi connectivity index (χ4v) is 5.75. The van der Waals surface area contributed by atoms with E-state index < -0.39 is 0 Å². The average molecular weight is 616 g/mol. The van der Waals surface area contributed by atoms with E-state index in [1.807, 2.05) is 73.3 Å². The third kappa shape index (κ3) is 8.79. The molecule has 0 aromatic heterocycles. The first-order valence-electron chi connectivity index (χ1n) is 16.0. The number of benzene rings is 4. The van der Waals surface area contributed by atoms with Crippen LogP contribution in [0.4, 0.5) is 0 Å². The van der Waals surface area contributed by atoms with Crippen LogP contribution < -0.4 is 14.2 Å². The standard InChI is InChI=1S/C40H41NO5/c1-4-26-44-35-20-18-34(19-21-35)40(43)33-16-14-32(15-17-33)37-10-5-6-11-38(37)45-28-39(42)41-24-22-30(23-25-41)12-13-31-8-7-9-36(27-31)46-29(2)3/h1,5-11,14-21,27,29-30H,12-13,22-26,28H2,2-3H3. The quantitative estimate of drug-likeness (QED) is 0.114. The van der Waals surface area contributed by atoms with E-state index in [0.717, 1.165) is 55.6 Å². The average Bonchev–Trinajstić information content (AvgIpc) is 3.09. The zero-order valence-electron chi connectivity index (χ0n) is 26.6. The van der Waals surface area contributed by atoms with Crippen molar-refractivity contribution in [3.8, 4) is 40.7 Å². The first-order valence-corrected chi connectivity index (χ1v) is 16.0. The molecule has 0 aliphatic carbocycles. The second-order valence-corrected chi connectivity index (χ2v) is 11.9. The molecule has 1 fully saturated rings. The van der Waals surface area contributed by atoms with Crippen molar-refractivity contribution in [3.63, 3.8) is 0 Å². The van der Waals surface area contributed by atoms with Crippen LogP contribution in [0.2, 0.25) is 0 Å². The molecule has 46 heavy (non-hydrogen) atoms. The van der Waals surface area contributed by atoms with Gasteiger partial charge in [0.1, 0.15) is 23.9 Å². The summed E-state index contributed by atoms with van der Waals surface area (Å²) in [5, 5.41) is 0. The van der Waals surface area contributed by atoms with E-state index in [1.54, 1.807) is 24.3 Å². The van der Waals surface area contributed by atoms with E-state index in [4.69, 9.17) is 20.6 Å². The van der Waals surface area contributed by atoms with Crippen LogP contribution >= 0.6 is 0 Å². The molecule has 1 saturated heterocycles. The molecule has 0 radical (unpaired) electrons. The molecule has 1 aliphatic heterocycles. The van der Waals surface area contributed by atoms with Gasteiger partial charge in [0.15, 0.2) is 12.4 Å². The lowest BCUT2D eigenvalue weighted by atomic mass is 9.90. The molecule has 4 aromatic rings. The number of para-hydroxylation sites is 1. The van der Waals surface area contributed by atoms with Crippen molar-refractivity contribution < 1.29 is 23.8 Å². The van der Waals surface area contributed by atoms with Crippen LogP contribution in [0, 0.1) is 18.3 Å². The Morgan fingerprint density at radius 1 is 0.848 bits per heavy atom. The number of carbonyl (C=O) groups is 2. The Balaban J connectivity index is 1.11. The fourth-order valence-electron chi connectivity index (χ4n) is 5.75. The molecule has 0 atom stereocenters. The minimum Gasteiger partial charge on any atom is -0.491 e. The minimum atomic E-state index is -0.0839. The minimum absolute atomic E-state index is 0.00319. The first kappa shape index (κ1) is 32.4. The third-order valence-corrected chi connectivity index (χ3v) is 8.21. The van der Waals surface area contributed by atoms with Crippen molar-refractivity contribution >= 4 is 11.7 Å². The molecular formula is C40H41NO5. The number of terminal acetylenes is 1. The molecule has 1 aliphatic rings. The number of aryl methyl sites for hydroxylation is 1. The largest absolute Gasteiger partial charge is 0.491 e. The first-order chi connectivity index (χ1) is 22.4. The molecule has 0 bridgehead atoms. The van der Waals surface area contributed by atoms with Gasteiger partial charge in [0.2, 0.25) is 0 Å². The van der Waals surface area contributed by atoms with Gasteiger partial charge < -0.3 is 19.1 Å². The Morgan fingerprint density at radius 3 is 2.24 bits per heavy atom. The van der Waals surface area contributed by atoms with Crippen molar-refractivity contribution in [2.75, 3.05) is 26.3 Å². The van der Waals surface area contributed by atoms with Gasteiger partial charge in [-0.2, -0.15) is 0 Å². The monoisotopic (exact) mass is 615 g/mol. The zero-order valence-corrected chi connectivity index (χ0v) is 26.6. The maximum absolute atomic E-state index is 13.1. The van der Waals surface area contributed by atoms with E-state index in [2.05, 4.69) is 24.1 Å². The molecule has 6 nitrogen and oxygen atoms in total. The summed E-state index contributed by atoms with van der Waals surface area (Å²) in [7, 11) is 0. The van der Waals surface area contributed by atoms with Crippen molar-refractivity contribution in [1.29, 1.82) is 0 Å². The highest BCUT2D eigenvalue weighted by Gasteiger charge is 2.23. The molecular weight excluding hydrogens is 574 g/mol. The normalized spacial score (nSPS) is 13.2.